The van der Waals surface area contributed by atoms with E-state index >= 15 is 0 Å². The molecular formula is C22H24KNO4S2. The molecule has 1 aliphatic heterocycles. The molecule has 8 heteroatoms. The van der Waals surface area contributed by atoms with Gasteiger partial charge in [0.25, 0.3) is 0 Å². The fraction of sp³-hybridized carbons (Fsp3) is 0.318. The SMILES string of the molecule is C[C@H](CSC(=O)c1ccccc1)C(=O)N1C[C@@H](Sc2ccccc2)C[C@H]1C(=O)O.[KH]. The number of hydrogen-bond donors (Lipinski definition) is 1. The van der Waals surface area contributed by atoms with Crippen molar-refractivity contribution < 1.29 is 19.5 Å². The number of carboxylic acids is 1. The van der Waals surface area contributed by atoms with E-state index in [2.05, 4.69) is 0 Å². The number of benzene rings is 2. The molecule has 1 fully saturated rings. The van der Waals surface area contributed by atoms with Gasteiger partial charge >= 0.3 is 57.4 Å². The molecule has 154 valence electrons. The van der Waals surface area contributed by atoms with Gasteiger partial charge in [-0.3, -0.25) is 9.59 Å². The van der Waals surface area contributed by atoms with E-state index in [9.17, 15) is 19.5 Å². The van der Waals surface area contributed by atoms with Gasteiger partial charge in [0, 0.05) is 33.9 Å². The summed E-state index contributed by atoms with van der Waals surface area (Å²) in [4.78, 5) is 39.5. The summed E-state index contributed by atoms with van der Waals surface area (Å²) in [6.45, 7) is 2.15. The maximum atomic E-state index is 12.9. The Hall–Kier alpha value is -0.614. The third kappa shape index (κ3) is 6.95. The Bertz CT molecular complexity index is 866. The number of carbonyl (C=O) groups excluding carboxylic acids is 2. The summed E-state index contributed by atoms with van der Waals surface area (Å²) in [7, 11) is 0. The topological polar surface area (TPSA) is 74.7 Å². The normalized spacial score (nSPS) is 19.0. The van der Waals surface area contributed by atoms with Crippen molar-refractivity contribution in [3.05, 3.63) is 66.2 Å². The zero-order valence-electron chi connectivity index (χ0n) is 16.1. The van der Waals surface area contributed by atoms with Crippen LogP contribution in [0.25, 0.3) is 0 Å². The summed E-state index contributed by atoms with van der Waals surface area (Å²) in [5, 5.41) is 9.55. The van der Waals surface area contributed by atoms with Crippen LogP contribution in [0, 0.1) is 5.92 Å². The maximum absolute atomic E-state index is 12.9. The molecule has 0 bridgehead atoms. The molecule has 1 aliphatic rings. The second kappa shape index (κ2) is 12.4. The Kier molecular flexibility index (Phi) is 10.6. The molecule has 1 saturated heterocycles. The molecule has 3 atom stereocenters. The van der Waals surface area contributed by atoms with Crippen molar-refractivity contribution >= 4 is 91.9 Å². The van der Waals surface area contributed by atoms with E-state index in [0.29, 0.717) is 24.3 Å². The number of amides is 1. The van der Waals surface area contributed by atoms with E-state index in [0.717, 1.165) is 16.7 Å². The van der Waals surface area contributed by atoms with Crippen molar-refractivity contribution in [2.24, 2.45) is 5.92 Å². The minimum atomic E-state index is -0.977. The number of hydrogen-bond acceptors (Lipinski definition) is 5. The third-order valence-electron chi connectivity index (χ3n) is 4.77. The van der Waals surface area contributed by atoms with Crippen LogP contribution in [0.2, 0.25) is 0 Å². The molecule has 1 heterocycles. The number of carbonyl (C=O) groups is 3. The zero-order valence-corrected chi connectivity index (χ0v) is 17.7. The minimum absolute atomic E-state index is 0. The molecule has 0 aromatic heterocycles. The second-order valence-electron chi connectivity index (χ2n) is 7.00. The van der Waals surface area contributed by atoms with E-state index < -0.39 is 17.9 Å². The predicted octanol–water partition coefficient (Wildman–Crippen LogP) is 3.39. The van der Waals surface area contributed by atoms with Gasteiger partial charge in [-0.05, 0) is 18.6 Å². The van der Waals surface area contributed by atoms with Crippen LogP contribution in [0.3, 0.4) is 0 Å². The Balaban J connectivity index is 0.00000320. The fourth-order valence-corrected chi connectivity index (χ4v) is 5.32. The second-order valence-corrected chi connectivity index (χ2v) is 9.37. The van der Waals surface area contributed by atoms with Crippen molar-refractivity contribution in [1.29, 1.82) is 0 Å². The van der Waals surface area contributed by atoms with Gasteiger partial charge in [0.1, 0.15) is 6.04 Å². The molecule has 2 aromatic carbocycles. The van der Waals surface area contributed by atoms with Crippen LogP contribution in [0.15, 0.2) is 65.6 Å². The number of nitrogens with zero attached hydrogens (tertiary/aromatic N) is 1. The van der Waals surface area contributed by atoms with Gasteiger partial charge in [-0.15, -0.1) is 11.8 Å². The predicted molar refractivity (Wildman–Crippen MR) is 123 cm³/mol. The molecule has 1 amide bonds. The molecule has 0 aliphatic carbocycles. The zero-order chi connectivity index (χ0) is 20.8. The third-order valence-corrected chi connectivity index (χ3v) is 7.16. The summed E-state index contributed by atoms with van der Waals surface area (Å²) in [6.07, 6.45) is 0.420. The average Bonchev–Trinajstić information content (AvgIpc) is 3.16. The van der Waals surface area contributed by atoms with Crippen LogP contribution < -0.4 is 0 Å². The molecule has 1 N–H and O–H groups in total. The number of thioether (sulfide) groups is 2. The molecule has 0 radical (unpaired) electrons. The summed E-state index contributed by atoms with van der Waals surface area (Å²) < 4.78 is 0. The van der Waals surface area contributed by atoms with Crippen molar-refractivity contribution in [1.82, 2.24) is 4.90 Å². The van der Waals surface area contributed by atoms with Gasteiger partial charge in [0.15, 0.2) is 0 Å². The van der Waals surface area contributed by atoms with Crippen LogP contribution in [0.1, 0.15) is 23.7 Å². The first kappa shape index (κ1) is 25.6. The first-order chi connectivity index (χ1) is 14.0. The fourth-order valence-electron chi connectivity index (χ4n) is 3.26. The first-order valence-electron chi connectivity index (χ1n) is 9.43. The standard InChI is InChI=1S/C22H23NO4S2.K.H/c1-15(14-28-22(27)16-8-4-2-5-9-16)20(24)23-13-18(12-19(23)21(25)26)29-17-10-6-3-7-11-17;;/h2-11,15,18-19H,12-14H2,1H3,(H,25,26);;/t15-,18+,19+;;/m1../s1. The van der Waals surface area contributed by atoms with E-state index in [-0.39, 0.29) is 67.7 Å². The summed E-state index contributed by atoms with van der Waals surface area (Å²) in [5.41, 5.74) is 0.598. The molecule has 30 heavy (non-hydrogen) atoms. The first-order valence-corrected chi connectivity index (χ1v) is 11.3. The van der Waals surface area contributed by atoms with Gasteiger partial charge in [-0.2, -0.15) is 0 Å². The van der Waals surface area contributed by atoms with Crippen LogP contribution in [-0.4, -0.2) is 102 Å². The molecule has 5 nitrogen and oxygen atoms in total. The Morgan fingerprint density at radius 1 is 1.07 bits per heavy atom. The van der Waals surface area contributed by atoms with Gasteiger partial charge in [0.2, 0.25) is 11.0 Å². The summed E-state index contributed by atoms with van der Waals surface area (Å²) in [6, 6.07) is 17.9. The summed E-state index contributed by atoms with van der Waals surface area (Å²) >= 11 is 2.70. The van der Waals surface area contributed by atoms with Crippen molar-refractivity contribution in [2.45, 2.75) is 29.5 Å². The van der Waals surface area contributed by atoms with Crippen LogP contribution in [0.5, 0.6) is 0 Å². The number of aliphatic carboxylic acids is 1. The number of rotatable bonds is 7. The number of likely N-dealkylation sites (tertiary alicyclic amines) is 1. The van der Waals surface area contributed by atoms with Gasteiger partial charge < -0.3 is 10.0 Å². The Morgan fingerprint density at radius 3 is 2.27 bits per heavy atom. The monoisotopic (exact) mass is 469 g/mol. The van der Waals surface area contributed by atoms with Crippen molar-refractivity contribution in [2.75, 3.05) is 12.3 Å². The molecule has 0 spiro atoms. The van der Waals surface area contributed by atoms with Gasteiger partial charge in [-0.25, -0.2) is 4.79 Å². The molecule has 3 rings (SSSR count). The van der Waals surface area contributed by atoms with E-state index in [1.54, 1.807) is 43.0 Å². The van der Waals surface area contributed by atoms with E-state index in [1.807, 2.05) is 36.4 Å². The van der Waals surface area contributed by atoms with Crippen molar-refractivity contribution in [3.63, 3.8) is 0 Å². The summed E-state index contributed by atoms with van der Waals surface area (Å²) in [5.74, 6) is -1.29. The van der Waals surface area contributed by atoms with Gasteiger partial charge in [0.05, 0.1) is 0 Å². The quantitative estimate of drug-likeness (QED) is 0.627. The molecule has 2 aromatic rings. The Labute approximate surface area is 227 Å². The average molecular weight is 470 g/mol. The van der Waals surface area contributed by atoms with Crippen LogP contribution >= 0.6 is 23.5 Å². The van der Waals surface area contributed by atoms with Crippen LogP contribution in [0.4, 0.5) is 0 Å². The van der Waals surface area contributed by atoms with Crippen LogP contribution in [-0.2, 0) is 9.59 Å². The molecular weight excluding hydrogens is 445 g/mol. The number of carboxylic acid groups (broad SMARTS) is 1. The van der Waals surface area contributed by atoms with Crippen molar-refractivity contribution in [3.8, 4) is 0 Å². The van der Waals surface area contributed by atoms with Gasteiger partial charge in [-0.1, -0.05) is 67.2 Å². The Morgan fingerprint density at radius 2 is 1.67 bits per heavy atom. The molecule has 0 saturated carbocycles. The van der Waals surface area contributed by atoms with E-state index in [4.69, 9.17) is 0 Å². The van der Waals surface area contributed by atoms with E-state index in [1.165, 1.54) is 4.90 Å². The molecule has 0 unspecified atom stereocenters.